The van der Waals surface area contributed by atoms with E-state index in [2.05, 4.69) is 15.2 Å². The van der Waals surface area contributed by atoms with Gasteiger partial charge in [-0.15, -0.1) is 0 Å². The summed E-state index contributed by atoms with van der Waals surface area (Å²) >= 11 is 0. The zero-order valence-electron chi connectivity index (χ0n) is 24.8. The van der Waals surface area contributed by atoms with Crippen molar-refractivity contribution in [2.45, 2.75) is 68.7 Å². The van der Waals surface area contributed by atoms with Gasteiger partial charge in [0.1, 0.15) is 54.6 Å². The zero-order chi connectivity index (χ0) is 33.7. The molecule has 3 aromatic rings. The van der Waals surface area contributed by atoms with E-state index in [4.69, 9.17) is 24.3 Å². The molecule has 0 spiro atoms. The van der Waals surface area contributed by atoms with E-state index in [1.165, 1.54) is 35.7 Å². The summed E-state index contributed by atoms with van der Waals surface area (Å²) < 4.78 is 76.1. The lowest BCUT2D eigenvalue weighted by Crippen LogP contribution is -2.50. The maximum absolute atomic E-state index is 14.0. The van der Waals surface area contributed by atoms with Gasteiger partial charge in [0.25, 0.3) is 0 Å². The standard InChI is InChI=1S/C28H34F3N6O8P/c1-17(26(40)44-19-10-8-18(9-11-19)28(29,30)31)36-46(41,45-20-6-4-3-5-7-20)43-15-27(14-32,42-2)24(39)23(38)21-12-13-22-25(33)34-16-35-37(21)22/h3-7,12-13,16-19,23-24,38-39H,8-11,15H2,1-2H3,(H,36,41)(H2,33,34,35)/t17-,18-,19-,23-,24-,27+,46?/m0/s1. The van der Waals surface area contributed by atoms with Crippen LogP contribution in [0, 0.1) is 17.2 Å². The summed E-state index contributed by atoms with van der Waals surface area (Å²) in [5.74, 6) is -2.26. The van der Waals surface area contributed by atoms with Crippen LogP contribution >= 0.6 is 7.75 Å². The molecule has 5 N–H and O–H groups in total. The normalized spacial score (nSPS) is 21.7. The van der Waals surface area contributed by atoms with Crippen molar-refractivity contribution in [3.63, 3.8) is 0 Å². The van der Waals surface area contributed by atoms with Crippen LogP contribution in [-0.2, 0) is 23.4 Å². The smallest absolute Gasteiger partial charge is 0.459 e. The minimum Gasteiger partial charge on any atom is -0.461 e. The topological polar surface area (TPSA) is 204 Å². The number of halogens is 3. The highest BCUT2D eigenvalue weighted by Crippen LogP contribution is 2.46. The second kappa shape index (κ2) is 14.3. The Balaban J connectivity index is 1.50. The minimum absolute atomic E-state index is 0.00559. The molecular formula is C28H34F3N6O8P. The van der Waals surface area contributed by atoms with E-state index in [0.717, 1.165) is 13.4 Å². The number of rotatable bonds is 13. The number of nitriles is 1. The first-order valence-electron chi connectivity index (χ1n) is 14.2. The van der Waals surface area contributed by atoms with Crippen LogP contribution in [-0.4, -0.2) is 74.5 Å². The molecule has 2 aromatic heterocycles. The molecule has 2 heterocycles. The molecule has 14 nitrogen and oxygen atoms in total. The molecule has 250 valence electrons. The number of esters is 1. The molecule has 5 atom stereocenters. The van der Waals surface area contributed by atoms with Crippen molar-refractivity contribution in [1.29, 1.82) is 5.26 Å². The number of aromatic nitrogens is 3. The maximum Gasteiger partial charge on any atom is 0.459 e. The highest BCUT2D eigenvalue weighted by atomic mass is 31.2. The highest BCUT2D eigenvalue weighted by Gasteiger charge is 2.48. The number of aliphatic hydroxyl groups excluding tert-OH is 2. The van der Waals surface area contributed by atoms with Gasteiger partial charge in [0.15, 0.2) is 5.82 Å². The van der Waals surface area contributed by atoms with Gasteiger partial charge in [-0.05, 0) is 56.9 Å². The number of fused-ring (bicyclic) bond motifs is 1. The van der Waals surface area contributed by atoms with Gasteiger partial charge < -0.3 is 29.9 Å². The average Bonchev–Trinajstić information content (AvgIpc) is 3.47. The summed E-state index contributed by atoms with van der Waals surface area (Å²) in [5, 5.41) is 38.8. The summed E-state index contributed by atoms with van der Waals surface area (Å²) in [6, 6.07) is 11.0. The third-order valence-corrected chi connectivity index (χ3v) is 9.31. The SMILES string of the molecule is CO[C@](C#N)(COP(=O)(N[C@@H](C)C(=O)O[C@H]1CC[C@H](C(F)(F)F)CC1)Oc1ccccc1)[C@@H](O)[C@@H](O)c1ccc2c(N)ncnn12. The van der Waals surface area contributed by atoms with Gasteiger partial charge in [0, 0.05) is 7.11 Å². The molecule has 1 saturated carbocycles. The largest absolute Gasteiger partial charge is 0.461 e. The van der Waals surface area contributed by atoms with Gasteiger partial charge in [-0.3, -0.25) is 9.32 Å². The molecule has 18 heteroatoms. The number of hydrogen-bond acceptors (Lipinski definition) is 12. The number of nitrogens with two attached hydrogens (primary N) is 1. The number of anilines is 1. The van der Waals surface area contributed by atoms with Gasteiger partial charge in [0.2, 0.25) is 5.60 Å². The van der Waals surface area contributed by atoms with Gasteiger partial charge in [-0.1, -0.05) is 18.2 Å². The Kier molecular flexibility index (Phi) is 10.9. The first kappa shape index (κ1) is 35.1. The molecule has 46 heavy (non-hydrogen) atoms. The molecule has 0 saturated heterocycles. The molecule has 1 aliphatic rings. The molecule has 0 bridgehead atoms. The predicted molar refractivity (Wildman–Crippen MR) is 155 cm³/mol. The summed E-state index contributed by atoms with van der Waals surface area (Å²) in [7, 11) is -3.54. The number of ether oxygens (including phenoxy) is 2. The summed E-state index contributed by atoms with van der Waals surface area (Å²) in [6.45, 7) is 0.338. The van der Waals surface area contributed by atoms with Crippen LogP contribution in [0.2, 0.25) is 0 Å². The van der Waals surface area contributed by atoms with Crippen molar-refractivity contribution in [1.82, 2.24) is 19.7 Å². The van der Waals surface area contributed by atoms with E-state index < -0.39 is 62.4 Å². The van der Waals surface area contributed by atoms with E-state index in [0.29, 0.717) is 5.52 Å². The van der Waals surface area contributed by atoms with Crippen LogP contribution in [0.5, 0.6) is 5.75 Å². The van der Waals surface area contributed by atoms with Crippen LogP contribution in [0.1, 0.15) is 44.4 Å². The van der Waals surface area contributed by atoms with Gasteiger partial charge in [0.05, 0.1) is 11.6 Å². The lowest BCUT2D eigenvalue weighted by molar-refractivity contribution is -0.188. The third-order valence-electron chi connectivity index (χ3n) is 7.69. The van der Waals surface area contributed by atoms with Crippen molar-refractivity contribution in [3.8, 4) is 11.8 Å². The molecule has 0 radical (unpaired) electrons. The Hall–Kier alpha value is -3.78. The van der Waals surface area contributed by atoms with Crippen LogP contribution in [0.15, 0.2) is 48.8 Å². The van der Waals surface area contributed by atoms with Crippen molar-refractivity contribution >= 4 is 25.1 Å². The Morgan fingerprint density at radius 2 is 1.87 bits per heavy atom. The van der Waals surface area contributed by atoms with Crippen LogP contribution in [0.25, 0.3) is 5.52 Å². The quantitative estimate of drug-likeness (QED) is 0.152. The monoisotopic (exact) mass is 670 g/mol. The molecule has 0 amide bonds. The molecule has 1 aliphatic carbocycles. The second-order valence-electron chi connectivity index (χ2n) is 10.8. The van der Waals surface area contributed by atoms with Crippen molar-refractivity contribution in [3.05, 3.63) is 54.5 Å². The van der Waals surface area contributed by atoms with E-state index in [-0.39, 0.29) is 42.9 Å². The number of para-hydroxylation sites is 1. The maximum atomic E-state index is 14.0. The number of methoxy groups -OCH3 is 1. The van der Waals surface area contributed by atoms with Crippen LogP contribution in [0.4, 0.5) is 19.0 Å². The molecule has 0 aliphatic heterocycles. The number of aliphatic hydroxyl groups is 2. The Labute approximate surface area is 261 Å². The number of nitrogens with one attached hydrogen (secondary N) is 1. The van der Waals surface area contributed by atoms with Crippen LogP contribution in [0.3, 0.4) is 0 Å². The number of carbonyl (C=O) groups excluding carboxylic acids is 1. The number of hydrogen-bond donors (Lipinski definition) is 4. The number of carbonyl (C=O) groups is 1. The molecule has 1 aromatic carbocycles. The van der Waals surface area contributed by atoms with Gasteiger partial charge in [-0.25, -0.2) is 14.1 Å². The Morgan fingerprint density at radius 1 is 1.20 bits per heavy atom. The summed E-state index contributed by atoms with van der Waals surface area (Å²) in [6.07, 6.45) is -8.16. The first-order valence-corrected chi connectivity index (χ1v) is 15.7. The Bertz CT molecular complexity index is 1580. The lowest BCUT2D eigenvalue weighted by atomic mass is 9.87. The van der Waals surface area contributed by atoms with Crippen molar-refractivity contribution < 1.29 is 51.3 Å². The molecule has 1 unspecified atom stereocenters. The fraction of sp³-hybridized carbons (Fsp3) is 0.500. The summed E-state index contributed by atoms with van der Waals surface area (Å²) in [4.78, 5) is 16.7. The van der Waals surface area contributed by atoms with Gasteiger partial charge in [-0.2, -0.15) is 28.6 Å². The fourth-order valence-corrected chi connectivity index (χ4v) is 6.50. The van der Waals surface area contributed by atoms with Gasteiger partial charge >= 0.3 is 19.9 Å². The first-order chi connectivity index (χ1) is 21.7. The number of alkyl halides is 3. The van der Waals surface area contributed by atoms with E-state index in [9.17, 15) is 38.0 Å². The Morgan fingerprint density at radius 3 is 2.48 bits per heavy atom. The van der Waals surface area contributed by atoms with Crippen molar-refractivity contribution in [2.24, 2.45) is 5.92 Å². The molecule has 4 rings (SSSR count). The highest BCUT2D eigenvalue weighted by molar-refractivity contribution is 7.52. The minimum atomic E-state index is -4.60. The van der Waals surface area contributed by atoms with Crippen molar-refractivity contribution in [2.75, 3.05) is 19.5 Å². The zero-order valence-corrected chi connectivity index (χ0v) is 25.7. The van der Waals surface area contributed by atoms with E-state index >= 15 is 0 Å². The molecular weight excluding hydrogens is 636 g/mol. The van der Waals surface area contributed by atoms with E-state index in [1.807, 2.05) is 0 Å². The lowest BCUT2D eigenvalue weighted by Gasteiger charge is -2.34. The second-order valence-corrected chi connectivity index (χ2v) is 12.5. The number of nitrogens with zero attached hydrogens (tertiary/aromatic N) is 4. The molecule has 1 fully saturated rings. The summed E-state index contributed by atoms with van der Waals surface area (Å²) in [5.41, 5.74) is 3.83. The number of benzene rings is 1. The predicted octanol–water partition coefficient (Wildman–Crippen LogP) is 3.46. The number of nitrogen functional groups attached to an aromatic ring is 1. The van der Waals surface area contributed by atoms with Crippen LogP contribution < -0.4 is 15.3 Å². The van der Waals surface area contributed by atoms with E-state index in [1.54, 1.807) is 24.3 Å². The third kappa shape index (κ3) is 7.95. The fourth-order valence-electron chi connectivity index (χ4n) is 4.98. The average molecular weight is 671 g/mol.